The molecule has 34 heavy (non-hydrogen) atoms. The van der Waals surface area contributed by atoms with Crippen molar-refractivity contribution in [2.45, 2.75) is 12.8 Å². The van der Waals surface area contributed by atoms with Crippen molar-refractivity contribution in [3.05, 3.63) is 70.0 Å². The third-order valence-corrected chi connectivity index (χ3v) is 4.94. The molecule has 186 valence electrons. The molecule has 0 aliphatic heterocycles. The summed E-state index contributed by atoms with van der Waals surface area (Å²) in [5.41, 5.74) is 15.7. The number of carboxylic acid groups (broad SMARTS) is 2. The van der Waals surface area contributed by atoms with E-state index in [0.717, 1.165) is 33.9 Å². The van der Waals surface area contributed by atoms with E-state index in [2.05, 4.69) is 9.97 Å². The number of carboxylic acids is 2. The molecule has 0 saturated heterocycles. The quantitative estimate of drug-likeness (QED) is 0.223. The number of carbonyl (C=O) groups is 2. The summed E-state index contributed by atoms with van der Waals surface area (Å²) < 4.78 is 0. The van der Waals surface area contributed by atoms with E-state index < -0.39 is 11.9 Å². The number of aromatic amines is 2. The molecule has 0 aliphatic rings. The van der Waals surface area contributed by atoms with Crippen LogP contribution in [0.2, 0.25) is 10.0 Å². The van der Waals surface area contributed by atoms with Gasteiger partial charge in [0.05, 0.1) is 0 Å². The smallest absolute Gasteiger partial charge is 0.414 e. The van der Waals surface area contributed by atoms with Gasteiger partial charge in [0.1, 0.15) is 0 Å². The largest absolute Gasteiger partial charge is 0.473 e. The lowest BCUT2D eigenvalue weighted by Gasteiger charge is -1.95. The maximum Gasteiger partial charge on any atom is 0.414 e. The summed E-state index contributed by atoms with van der Waals surface area (Å²) >= 11 is 11.8. The minimum absolute atomic E-state index is 0. The number of aromatic nitrogens is 2. The monoisotopic (exact) mass is 514 g/mol. The van der Waals surface area contributed by atoms with Crippen molar-refractivity contribution in [3.8, 4) is 0 Å². The molecule has 12 heteroatoms. The molecule has 0 spiro atoms. The first-order valence-corrected chi connectivity index (χ1v) is 10.4. The van der Waals surface area contributed by atoms with Gasteiger partial charge in [0.25, 0.3) is 0 Å². The van der Waals surface area contributed by atoms with Crippen molar-refractivity contribution in [1.29, 1.82) is 0 Å². The van der Waals surface area contributed by atoms with Crippen LogP contribution in [0.15, 0.2) is 48.8 Å². The first kappa shape index (κ1) is 30.9. The van der Waals surface area contributed by atoms with Crippen molar-refractivity contribution in [2.24, 2.45) is 11.5 Å². The minimum atomic E-state index is -1.82. The molecule has 0 aliphatic carbocycles. The summed E-state index contributed by atoms with van der Waals surface area (Å²) in [6.45, 7) is 1.33. The highest BCUT2D eigenvalue weighted by molar-refractivity contribution is 6.31. The highest BCUT2D eigenvalue weighted by Gasteiger charge is 2.04. The number of H-pyrrole nitrogens is 2. The lowest BCUT2D eigenvalue weighted by atomic mass is 10.1. The molecule has 0 bridgehead atoms. The van der Waals surface area contributed by atoms with Crippen molar-refractivity contribution in [3.63, 3.8) is 0 Å². The number of rotatable bonds is 4. The summed E-state index contributed by atoms with van der Waals surface area (Å²) in [5, 5.41) is 18.7. The van der Waals surface area contributed by atoms with E-state index in [1.807, 2.05) is 48.8 Å². The van der Waals surface area contributed by atoms with E-state index in [4.69, 9.17) is 54.5 Å². The molecule has 0 amide bonds. The fraction of sp³-hybridized carbons (Fsp3) is 0.182. The van der Waals surface area contributed by atoms with Gasteiger partial charge in [-0.2, -0.15) is 0 Å². The Hall–Kier alpha value is -3.12. The zero-order chi connectivity index (χ0) is 23.7. The summed E-state index contributed by atoms with van der Waals surface area (Å²) in [5.74, 6) is -3.65. The summed E-state index contributed by atoms with van der Waals surface area (Å²) in [7, 11) is 0. The molecule has 2 aromatic carbocycles. The number of benzene rings is 2. The Morgan fingerprint density at radius 1 is 0.735 bits per heavy atom. The highest BCUT2D eigenvalue weighted by atomic mass is 35.5. The second-order valence-corrected chi connectivity index (χ2v) is 7.57. The SMILES string of the molecule is NCCc1c[nH]c2ccc(Cl)cc12.NCCc1c[nH]c2ccc(Cl)cc12.O.O.O=C(O)C(=O)O. The Kier molecular flexibility index (Phi) is 13.5. The van der Waals surface area contributed by atoms with Gasteiger partial charge < -0.3 is 42.6 Å². The fourth-order valence-electron chi connectivity index (χ4n) is 3.03. The van der Waals surface area contributed by atoms with Gasteiger partial charge in [-0.15, -0.1) is 0 Å². The van der Waals surface area contributed by atoms with Crippen LogP contribution in [-0.4, -0.2) is 56.2 Å². The number of halogens is 2. The second kappa shape index (κ2) is 14.9. The topological polar surface area (TPSA) is 221 Å². The first-order valence-electron chi connectivity index (χ1n) is 9.64. The van der Waals surface area contributed by atoms with Gasteiger partial charge in [0.2, 0.25) is 0 Å². The molecular weight excluding hydrogens is 487 g/mol. The molecule has 10 nitrogen and oxygen atoms in total. The maximum absolute atomic E-state index is 9.10. The van der Waals surface area contributed by atoms with Crippen molar-refractivity contribution in [1.82, 2.24) is 9.97 Å². The van der Waals surface area contributed by atoms with Crippen LogP contribution in [0.4, 0.5) is 0 Å². The van der Waals surface area contributed by atoms with Crippen molar-refractivity contribution >= 4 is 56.9 Å². The van der Waals surface area contributed by atoms with Crippen LogP contribution in [0.3, 0.4) is 0 Å². The van der Waals surface area contributed by atoms with Crippen molar-refractivity contribution < 1.29 is 30.8 Å². The highest BCUT2D eigenvalue weighted by Crippen LogP contribution is 2.23. The maximum atomic E-state index is 9.10. The number of hydrogen-bond donors (Lipinski definition) is 6. The third-order valence-electron chi connectivity index (χ3n) is 4.47. The molecule has 4 rings (SSSR count). The zero-order valence-electron chi connectivity index (χ0n) is 18.1. The molecule has 2 aromatic heterocycles. The van der Waals surface area contributed by atoms with Crippen LogP contribution < -0.4 is 11.5 Å². The predicted octanol–water partition coefficient (Wildman–Crippen LogP) is 2.15. The standard InChI is InChI=1S/2C10H11ClN2.C2H2O4.2H2O/c2*11-8-1-2-10-9(5-8)7(3-4-12)6-13-10;3-1(4)2(5)6;;/h2*1-2,5-6,13H,3-4,12H2;(H,3,4)(H,5,6);2*1H2. The Balaban J connectivity index is 0.000000499. The van der Waals surface area contributed by atoms with Gasteiger partial charge in [-0.05, 0) is 73.5 Å². The van der Waals surface area contributed by atoms with Crippen LogP contribution in [0.5, 0.6) is 0 Å². The zero-order valence-corrected chi connectivity index (χ0v) is 19.6. The van der Waals surface area contributed by atoms with Crippen molar-refractivity contribution in [2.75, 3.05) is 13.1 Å². The average molecular weight is 515 g/mol. The number of hydrogen-bond acceptors (Lipinski definition) is 4. The van der Waals surface area contributed by atoms with Crippen LogP contribution in [0.25, 0.3) is 21.8 Å². The number of fused-ring (bicyclic) bond motifs is 2. The second-order valence-electron chi connectivity index (χ2n) is 6.70. The van der Waals surface area contributed by atoms with E-state index >= 15 is 0 Å². The van der Waals surface area contributed by atoms with Gasteiger partial charge in [-0.25, -0.2) is 9.59 Å². The van der Waals surface area contributed by atoms with E-state index in [1.54, 1.807) is 0 Å². The van der Waals surface area contributed by atoms with Gasteiger partial charge in [-0.3, -0.25) is 0 Å². The molecule has 0 fully saturated rings. The lowest BCUT2D eigenvalue weighted by Crippen LogP contribution is -2.09. The molecule has 12 N–H and O–H groups in total. The van der Waals surface area contributed by atoms with E-state index in [1.165, 1.54) is 21.9 Å². The van der Waals surface area contributed by atoms with E-state index in [-0.39, 0.29) is 11.0 Å². The number of nitrogens with one attached hydrogen (secondary N) is 2. The number of aliphatic carboxylic acids is 2. The Morgan fingerprint density at radius 2 is 1.09 bits per heavy atom. The van der Waals surface area contributed by atoms with Crippen LogP contribution >= 0.6 is 23.2 Å². The van der Waals surface area contributed by atoms with E-state index in [9.17, 15) is 0 Å². The molecule has 0 saturated carbocycles. The molecule has 0 unspecified atom stereocenters. The predicted molar refractivity (Wildman–Crippen MR) is 135 cm³/mol. The molecular formula is C22H28Cl2N4O6. The van der Waals surface area contributed by atoms with Gasteiger partial charge in [0, 0.05) is 44.2 Å². The number of nitrogens with two attached hydrogens (primary N) is 2. The average Bonchev–Trinajstić information content (AvgIpc) is 3.33. The minimum Gasteiger partial charge on any atom is -0.473 e. The molecule has 2 heterocycles. The lowest BCUT2D eigenvalue weighted by molar-refractivity contribution is -0.159. The van der Waals surface area contributed by atoms with Crippen LogP contribution in [-0.2, 0) is 22.4 Å². The third kappa shape index (κ3) is 8.67. The Bertz CT molecular complexity index is 1110. The normalized spacial score (nSPS) is 9.65. The first-order chi connectivity index (χ1) is 15.3. The summed E-state index contributed by atoms with van der Waals surface area (Å²) in [6.07, 6.45) is 5.77. The summed E-state index contributed by atoms with van der Waals surface area (Å²) in [4.78, 5) is 24.6. The van der Waals surface area contributed by atoms with Gasteiger partial charge in [0.15, 0.2) is 0 Å². The molecule has 4 aromatic rings. The Labute approximate surface area is 205 Å². The van der Waals surface area contributed by atoms with Gasteiger partial charge >= 0.3 is 11.9 Å². The van der Waals surface area contributed by atoms with Crippen LogP contribution in [0, 0.1) is 0 Å². The van der Waals surface area contributed by atoms with E-state index in [0.29, 0.717) is 13.1 Å². The van der Waals surface area contributed by atoms with Crippen LogP contribution in [0.1, 0.15) is 11.1 Å². The van der Waals surface area contributed by atoms with Gasteiger partial charge in [-0.1, -0.05) is 23.2 Å². The fourth-order valence-corrected chi connectivity index (χ4v) is 3.37. The Morgan fingerprint density at radius 3 is 1.38 bits per heavy atom. The summed E-state index contributed by atoms with van der Waals surface area (Å²) in [6, 6.07) is 11.7. The molecule has 0 radical (unpaired) electrons. The molecule has 0 atom stereocenters.